The lowest BCUT2D eigenvalue weighted by Crippen LogP contribution is -2.26. The smallest absolute Gasteiger partial charge is 0.256 e. The summed E-state index contributed by atoms with van der Waals surface area (Å²) >= 11 is 0. The van der Waals surface area contributed by atoms with Gasteiger partial charge in [-0.25, -0.2) is 0 Å². The maximum Gasteiger partial charge on any atom is 0.256 e. The van der Waals surface area contributed by atoms with Gasteiger partial charge in [0, 0.05) is 24.9 Å². The third-order valence-corrected chi connectivity index (χ3v) is 3.29. The van der Waals surface area contributed by atoms with Crippen LogP contribution in [0.25, 0.3) is 0 Å². The predicted octanol–water partition coefficient (Wildman–Crippen LogP) is 2.86. The van der Waals surface area contributed by atoms with Crippen LogP contribution in [0.15, 0.2) is 29.0 Å². The molecule has 0 radical (unpaired) electrons. The first-order valence-electron chi connectivity index (χ1n) is 7.23. The first-order valence-corrected chi connectivity index (χ1v) is 7.23. The van der Waals surface area contributed by atoms with Crippen molar-refractivity contribution in [1.29, 1.82) is 0 Å². The fourth-order valence-corrected chi connectivity index (χ4v) is 2.19. The molecule has 5 heteroatoms. The lowest BCUT2D eigenvalue weighted by molar-refractivity contribution is 0.0950. The standard InChI is InChI=1S/C16H21N3O2/c1-11(2)15-14(12(3)19-21-15)16(20)18-9-5-7-13-6-4-8-17-10-13/h4,6,8,10-11H,5,7,9H2,1-3H3,(H,18,20). The van der Waals surface area contributed by atoms with Crippen molar-refractivity contribution < 1.29 is 9.32 Å². The highest BCUT2D eigenvalue weighted by molar-refractivity contribution is 5.96. The van der Waals surface area contributed by atoms with Gasteiger partial charge in [0.2, 0.25) is 0 Å². The summed E-state index contributed by atoms with van der Waals surface area (Å²) in [4.78, 5) is 16.3. The molecule has 0 bridgehead atoms. The first kappa shape index (κ1) is 15.2. The molecule has 0 fully saturated rings. The number of hydrogen-bond acceptors (Lipinski definition) is 4. The van der Waals surface area contributed by atoms with E-state index in [2.05, 4.69) is 15.5 Å². The molecule has 1 N–H and O–H groups in total. The molecule has 2 aromatic rings. The van der Waals surface area contributed by atoms with E-state index in [1.165, 1.54) is 5.56 Å². The van der Waals surface area contributed by atoms with E-state index in [1.54, 1.807) is 13.1 Å². The molecule has 0 atom stereocenters. The Morgan fingerprint density at radius 1 is 1.43 bits per heavy atom. The highest BCUT2D eigenvalue weighted by Gasteiger charge is 2.21. The Bertz CT molecular complexity index is 591. The van der Waals surface area contributed by atoms with Crippen molar-refractivity contribution in [3.63, 3.8) is 0 Å². The van der Waals surface area contributed by atoms with Gasteiger partial charge in [-0.2, -0.15) is 0 Å². The third-order valence-electron chi connectivity index (χ3n) is 3.29. The van der Waals surface area contributed by atoms with Gasteiger partial charge in [-0.1, -0.05) is 25.1 Å². The van der Waals surface area contributed by atoms with Crippen molar-refractivity contribution >= 4 is 5.91 Å². The second-order valence-corrected chi connectivity index (χ2v) is 5.38. The average Bonchev–Trinajstić information content (AvgIpc) is 2.86. The number of nitrogens with one attached hydrogen (secondary N) is 1. The molecule has 0 saturated carbocycles. The second kappa shape index (κ2) is 7.02. The Hall–Kier alpha value is -2.17. The summed E-state index contributed by atoms with van der Waals surface area (Å²) in [6.45, 7) is 6.38. The molecule has 1 amide bonds. The number of aromatic nitrogens is 2. The second-order valence-electron chi connectivity index (χ2n) is 5.38. The van der Waals surface area contributed by atoms with Crippen LogP contribution in [0.3, 0.4) is 0 Å². The summed E-state index contributed by atoms with van der Waals surface area (Å²) in [5.74, 6) is 0.684. The molecule has 0 aliphatic heterocycles. The monoisotopic (exact) mass is 287 g/mol. The van der Waals surface area contributed by atoms with Crippen LogP contribution in [0, 0.1) is 6.92 Å². The van der Waals surface area contributed by atoms with Crippen LogP contribution >= 0.6 is 0 Å². The topological polar surface area (TPSA) is 68.0 Å². The van der Waals surface area contributed by atoms with Gasteiger partial charge < -0.3 is 9.84 Å². The summed E-state index contributed by atoms with van der Waals surface area (Å²) in [6, 6.07) is 3.96. The fourth-order valence-electron chi connectivity index (χ4n) is 2.19. The lowest BCUT2D eigenvalue weighted by Gasteiger charge is -2.07. The van der Waals surface area contributed by atoms with Gasteiger partial charge >= 0.3 is 0 Å². The summed E-state index contributed by atoms with van der Waals surface area (Å²) < 4.78 is 5.23. The van der Waals surface area contributed by atoms with Crippen LogP contribution in [-0.4, -0.2) is 22.6 Å². The fraction of sp³-hybridized carbons (Fsp3) is 0.438. The number of rotatable bonds is 6. The summed E-state index contributed by atoms with van der Waals surface area (Å²) in [6.07, 6.45) is 5.38. The highest BCUT2D eigenvalue weighted by Crippen LogP contribution is 2.21. The van der Waals surface area contributed by atoms with E-state index < -0.39 is 0 Å². The van der Waals surface area contributed by atoms with E-state index in [1.807, 2.05) is 32.2 Å². The molecule has 0 saturated heterocycles. The van der Waals surface area contributed by atoms with E-state index in [4.69, 9.17) is 4.52 Å². The normalized spacial score (nSPS) is 10.9. The minimum atomic E-state index is -0.108. The number of hydrogen-bond donors (Lipinski definition) is 1. The maximum atomic E-state index is 12.2. The van der Waals surface area contributed by atoms with E-state index in [0.717, 1.165) is 12.8 Å². The third kappa shape index (κ3) is 3.90. The van der Waals surface area contributed by atoms with Gasteiger partial charge in [-0.3, -0.25) is 9.78 Å². The SMILES string of the molecule is Cc1noc(C(C)C)c1C(=O)NCCCc1cccnc1. The number of carbonyl (C=O) groups is 1. The predicted molar refractivity (Wildman–Crippen MR) is 80.2 cm³/mol. The van der Waals surface area contributed by atoms with Crippen molar-refractivity contribution in [3.8, 4) is 0 Å². The van der Waals surface area contributed by atoms with Crippen LogP contribution in [0.2, 0.25) is 0 Å². The Labute approximate surface area is 124 Å². The van der Waals surface area contributed by atoms with Crippen molar-refractivity contribution in [2.45, 2.75) is 39.5 Å². The van der Waals surface area contributed by atoms with Crippen molar-refractivity contribution in [2.24, 2.45) is 0 Å². The summed E-state index contributed by atoms with van der Waals surface area (Å²) in [7, 11) is 0. The molecular weight excluding hydrogens is 266 g/mol. The largest absolute Gasteiger partial charge is 0.360 e. The molecular formula is C16H21N3O2. The van der Waals surface area contributed by atoms with Gasteiger partial charge in [-0.05, 0) is 31.4 Å². The lowest BCUT2D eigenvalue weighted by atomic mass is 10.0. The van der Waals surface area contributed by atoms with Gasteiger partial charge in [0.15, 0.2) is 5.76 Å². The molecule has 21 heavy (non-hydrogen) atoms. The zero-order valence-electron chi connectivity index (χ0n) is 12.7. The molecule has 0 unspecified atom stereocenters. The summed E-state index contributed by atoms with van der Waals surface area (Å²) in [5.41, 5.74) is 2.39. The van der Waals surface area contributed by atoms with Gasteiger partial charge in [0.05, 0.1) is 5.69 Å². The highest BCUT2D eigenvalue weighted by atomic mass is 16.5. The molecule has 2 heterocycles. The quantitative estimate of drug-likeness (QED) is 0.829. The Morgan fingerprint density at radius 3 is 2.90 bits per heavy atom. The van der Waals surface area contributed by atoms with E-state index in [9.17, 15) is 4.79 Å². The van der Waals surface area contributed by atoms with Gasteiger partial charge in [-0.15, -0.1) is 0 Å². The van der Waals surface area contributed by atoms with Crippen molar-refractivity contribution in [1.82, 2.24) is 15.5 Å². The number of nitrogens with zero attached hydrogens (tertiary/aromatic N) is 2. The molecule has 5 nitrogen and oxygen atoms in total. The van der Waals surface area contributed by atoms with Crippen LogP contribution < -0.4 is 5.32 Å². The molecule has 0 aliphatic rings. The van der Waals surface area contributed by atoms with E-state index in [0.29, 0.717) is 23.6 Å². The Kier molecular flexibility index (Phi) is 5.09. The van der Waals surface area contributed by atoms with E-state index in [-0.39, 0.29) is 11.8 Å². The zero-order chi connectivity index (χ0) is 15.2. The number of carbonyl (C=O) groups excluding carboxylic acids is 1. The van der Waals surface area contributed by atoms with Crippen LogP contribution in [0.1, 0.15) is 53.6 Å². The van der Waals surface area contributed by atoms with Crippen molar-refractivity contribution in [2.75, 3.05) is 6.54 Å². The van der Waals surface area contributed by atoms with Gasteiger partial charge in [0.25, 0.3) is 5.91 Å². The minimum absolute atomic E-state index is 0.108. The van der Waals surface area contributed by atoms with Crippen LogP contribution in [0.4, 0.5) is 0 Å². The number of amides is 1. The summed E-state index contributed by atoms with van der Waals surface area (Å²) in [5, 5.41) is 6.82. The molecule has 0 aromatic carbocycles. The molecule has 0 aliphatic carbocycles. The van der Waals surface area contributed by atoms with Crippen LogP contribution in [0.5, 0.6) is 0 Å². The molecule has 112 valence electrons. The molecule has 0 spiro atoms. The minimum Gasteiger partial charge on any atom is -0.360 e. The van der Waals surface area contributed by atoms with E-state index >= 15 is 0 Å². The van der Waals surface area contributed by atoms with Crippen molar-refractivity contribution in [3.05, 3.63) is 47.1 Å². The number of pyridine rings is 1. The molecule has 2 rings (SSSR count). The van der Waals surface area contributed by atoms with Crippen LogP contribution in [-0.2, 0) is 6.42 Å². The molecule has 2 aromatic heterocycles. The Balaban J connectivity index is 1.86. The first-order chi connectivity index (χ1) is 10.1. The Morgan fingerprint density at radius 2 is 2.24 bits per heavy atom. The number of aryl methyl sites for hydroxylation is 2. The zero-order valence-corrected chi connectivity index (χ0v) is 12.7. The van der Waals surface area contributed by atoms with Gasteiger partial charge in [0.1, 0.15) is 5.56 Å². The average molecular weight is 287 g/mol. The maximum absolute atomic E-state index is 12.2.